The second-order valence-corrected chi connectivity index (χ2v) is 5.39. The molecule has 0 radical (unpaired) electrons. The van der Waals surface area contributed by atoms with E-state index in [-0.39, 0.29) is 12.3 Å². The summed E-state index contributed by atoms with van der Waals surface area (Å²) < 4.78 is 0. The van der Waals surface area contributed by atoms with Gasteiger partial charge in [-0.2, -0.15) is 0 Å². The van der Waals surface area contributed by atoms with E-state index in [0.29, 0.717) is 23.7 Å². The maximum Gasteiger partial charge on any atom is 0.309 e. The highest BCUT2D eigenvalue weighted by Gasteiger charge is 2.14. The molecule has 1 aromatic rings. The molecule has 0 atom stereocenters. The molecule has 1 aromatic heterocycles. The topological polar surface area (TPSA) is 91.3 Å². The van der Waals surface area contributed by atoms with Crippen LogP contribution in [0.5, 0.6) is 0 Å². The summed E-state index contributed by atoms with van der Waals surface area (Å²) in [6, 6.07) is 3.31. The summed E-state index contributed by atoms with van der Waals surface area (Å²) in [7, 11) is 0. The van der Waals surface area contributed by atoms with Gasteiger partial charge in [-0.1, -0.05) is 0 Å². The number of aliphatic carboxylic acids is 1. The predicted molar refractivity (Wildman–Crippen MR) is 79.0 cm³/mol. The van der Waals surface area contributed by atoms with Gasteiger partial charge >= 0.3 is 5.97 Å². The molecular weight excluding hydrogens is 270 g/mol. The molecule has 1 fully saturated rings. The van der Waals surface area contributed by atoms with Crippen LogP contribution in [0.25, 0.3) is 0 Å². The van der Waals surface area contributed by atoms with Crippen molar-refractivity contribution >= 4 is 17.6 Å². The fraction of sp³-hybridized carbons (Fsp3) is 0.533. The van der Waals surface area contributed by atoms with Crippen LogP contribution >= 0.6 is 0 Å². The second kappa shape index (κ2) is 7.73. The van der Waals surface area contributed by atoms with Gasteiger partial charge in [-0.25, -0.2) is 0 Å². The molecule has 1 aliphatic heterocycles. The smallest absolute Gasteiger partial charge is 0.309 e. The van der Waals surface area contributed by atoms with E-state index in [0.717, 1.165) is 32.4 Å². The van der Waals surface area contributed by atoms with Crippen molar-refractivity contribution in [2.75, 3.05) is 18.4 Å². The Hall–Kier alpha value is -1.95. The van der Waals surface area contributed by atoms with E-state index in [1.54, 1.807) is 12.1 Å². The average molecular weight is 291 g/mol. The first-order valence-corrected chi connectivity index (χ1v) is 7.31. The number of carboxylic acid groups (broad SMARTS) is 1. The number of piperidine rings is 1. The molecule has 0 aliphatic carbocycles. The van der Waals surface area contributed by atoms with Gasteiger partial charge < -0.3 is 15.7 Å². The Morgan fingerprint density at radius 3 is 2.71 bits per heavy atom. The molecule has 2 heterocycles. The molecule has 1 amide bonds. The highest BCUT2D eigenvalue weighted by molar-refractivity contribution is 5.90. The number of nitrogens with zero attached hydrogens (tertiary/aromatic N) is 1. The molecule has 0 unspecified atom stereocenters. The van der Waals surface area contributed by atoms with E-state index in [4.69, 9.17) is 5.11 Å². The van der Waals surface area contributed by atoms with E-state index < -0.39 is 5.97 Å². The fourth-order valence-electron chi connectivity index (χ4n) is 2.49. The Balaban J connectivity index is 1.75. The molecule has 6 heteroatoms. The van der Waals surface area contributed by atoms with Gasteiger partial charge in [0.2, 0.25) is 5.91 Å². The lowest BCUT2D eigenvalue weighted by atomic mass is 9.93. The Kier molecular flexibility index (Phi) is 5.68. The van der Waals surface area contributed by atoms with Crippen LogP contribution in [0.1, 0.15) is 31.4 Å². The van der Waals surface area contributed by atoms with Gasteiger partial charge in [-0.05, 0) is 50.4 Å². The van der Waals surface area contributed by atoms with Crippen molar-refractivity contribution in [2.45, 2.75) is 32.1 Å². The zero-order valence-corrected chi connectivity index (χ0v) is 12.0. The molecule has 0 spiro atoms. The van der Waals surface area contributed by atoms with Crippen molar-refractivity contribution in [3.8, 4) is 0 Å². The summed E-state index contributed by atoms with van der Waals surface area (Å²) in [4.78, 5) is 26.4. The number of nitrogens with one attached hydrogen (secondary N) is 2. The second-order valence-electron chi connectivity index (χ2n) is 5.39. The highest BCUT2D eigenvalue weighted by atomic mass is 16.4. The molecule has 0 aromatic carbocycles. The van der Waals surface area contributed by atoms with Gasteiger partial charge in [0, 0.05) is 6.42 Å². The number of hydrogen-bond acceptors (Lipinski definition) is 4. The molecule has 114 valence electrons. The maximum absolute atomic E-state index is 11.9. The van der Waals surface area contributed by atoms with Gasteiger partial charge in [0.05, 0.1) is 24.0 Å². The SMILES string of the molecule is O=C(O)Cc1ccc(NC(=O)CCC2CCNCC2)cn1. The lowest BCUT2D eigenvalue weighted by Gasteiger charge is -2.22. The minimum Gasteiger partial charge on any atom is -0.481 e. The van der Waals surface area contributed by atoms with E-state index in [2.05, 4.69) is 15.6 Å². The number of carboxylic acids is 1. The molecular formula is C15H21N3O3. The highest BCUT2D eigenvalue weighted by Crippen LogP contribution is 2.18. The van der Waals surface area contributed by atoms with Crippen LogP contribution in [0.3, 0.4) is 0 Å². The number of carbonyl (C=O) groups is 2. The van der Waals surface area contributed by atoms with E-state index in [1.807, 2.05) is 0 Å². The Morgan fingerprint density at radius 1 is 1.33 bits per heavy atom. The monoisotopic (exact) mass is 291 g/mol. The molecule has 6 nitrogen and oxygen atoms in total. The van der Waals surface area contributed by atoms with Crippen LogP contribution in [0.15, 0.2) is 18.3 Å². The number of amides is 1. The van der Waals surface area contributed by atoms with Gasteiger partial charge in [0.25, 0.3) is 0 Å². The zero-order valence-electron chi connectivity index (χ0n) is 12.0. The summed E-state index contributed by atoms with van der Waals surface area (Å²) in [6.45, 7) is 2.09. The van der Waals surface area contributed by atoms with Crippen molar-refractivity contribution in [3.05, 3.63) is 24.0 Å². The summed E-state index contributed by atoms with van der Waals surface area (Å²) in [5.74, 6) is -0.296. The van der Waals surface area contributed by atoms with Crippen molar-refractivity contribution in [1.82, 2.24) is 10.3 Å². The quantitative estimate of drug-likeness (QED) is 0.737. The van der Waals surface area contributed by atoms with Crippen LogP contribution in [0, 0.1) is 5.92 Å². The summed E-state index contributed by atoms with van der Waals surface area (Å²) in [5.41, 5.74) is 1.09. The van der Waals surface area contributed by atoms with Crippen LogP contribution in [0.4, 0.5) is 5.69 Å². The van der Waals surface area contributed by atoms with Gasteiger partial charge in [-0.3, -0.25) is 14.6 Å². The van der Waals surface area contributed by atoms with Crippen molar-refractivity contribution in [2.24, 2.45) is 5.92 Å². The third-order valence-corrected chi connectivity index (χ3v) is 3.68. The average Bonchev–Trinajstić information content (AvgIpc) is 2.48. The van der Waals surface area contributed by atoms with E-state index in [1.165, 1.54) is 6.20 Å². The summed E-state index contributed by atoms with van der Waals surface area (Å²) >= 11 is 0. The minimum absolute atomic E-state index is 0.0127. The number of anilines is 1. The van der Waals surface area contributed by atoms with Crippen LogP contribution in [-0.2, 0) is 16.0 Å². The van der Waals surface area contributed by atoms with E-state index >= 15 is 0 Å². The first-order valence-electron chi connectivity index (χ1n) is 7.31. The van der Waals surface area contributed by atoms with Crippen LogP contribution < -0.4 is 10.6 Å². The first kappa shape index (κ1) is 15.4. The Labute approximate surface area is 124 Å². The molecule has 1 aliphatic rings. The largest absolute Gasteiger partial charge is 0.481 e. The molecule has 0 saturated carbocycles. The lowest BCUT2D eigenvalue weighted by molar-refractivity contribution is -0.136. The van der Waals surface area contributed by atoms with Gasteiger partial charge in [0.1, 0.15) is 0 Å². The molecule has 21 heavy (non-hydrogen) atoms. The lowest BCUT2D eigenvalue weighted by Crippen LogP contribution is -2.28. The molecule has 2 rings (SSSR count). The van der Waals surface area contributed by atoms with Crippen LogP contribution in [-0.4, -0.2) is 35.1 Å². The molecule has 1 saturated heterocycles. The molecule has 3 N–H and O–H groups in total. The van der Waals surface area contributed by atoms with Crippen LogP contribution in [0.2, 0.25) is 0 Å². The number of hydrogen-bond donors (Lipinski definition) is 3. The van der Waals surface area contributed by atoms with Crippen molar-refractivity contribution in [1.29, 1.82) is 0 Å². The molecule has 0 bridgehead atoms. The number of aromatic nitrogens is 1. The standard InChI is InChI=1S/C15H21N3O3/c19-14(4-1-11-5-7-16-8-6-11)18-13-3-2-12(17-10-13)9-15(20)21/h2-3,10-11,16H,1,4-9H2,(H,18,19)(H,20,21). The first-order chi connectivity index (χ1) is 10.1. The fourth-order valence-corrected chi connectivity index (χ4v) is 2.49. The zero-order chi connectivity index (χ0) is 15.1. The minimum atomic E-state index is -0.916. The normalized spacial score (nSPS) is 15.6. The third-order valence-electron chi connectivity index (χ3n) is 3.68. The maximum atomic E-state index is 11.9. The Bertz CT molecular complexity index is 481. The summed E-state index contributed by atoms with van der Waals surface area (Å²) in [6.07, 6.45) is 5.10. The number of pyridine rings is 1. The van der Waals surface area contributed by atoms with Gasteiger partial charge in [-0.15, -0.1) is 0 Å². The Morgan fingerprint density at radius 2 is 2.10 bits per heavy atom. The summed E-state index contributed by atoms with van der Waals surface area (Å²) in [5, 5.41) is 14.8. The number of rotatable bonds is 6. The number of carbonyl (C=O) groups excluding carboxylic acids is 1. The van der Waals surface area contributed by atoms with Crippen molar-refractivity contribution < 1.29 is 14.7 Å². The third kappa shape index (κ3) is 5.51. The van der Waals surface area contributed by atoms with Gasteiger partial charge in [0.15, 0.2) is 0 Å². The van der Waals surface area contributed by atoms with E-state index in [9.17, 15) is 9.59 Å². The predicted octanol–water partition coefficient (Wildman–Crippen LogP) is 1.43. The van der Waals surface area contributed by atoms with Crippen molar-refractivity contribution in [3.63, 3.8) is 0 Å².